The average Bonchev–Trinajstić information content (AvgIpc) is 3.24. The highest BCUT2D eigenvalue weighted by atomic mass is 32.1. The number of nitrogens with one attached hydrogen (secondary N) is 2. The molecule has 0 aliphatic carbocycles. The monoisotopic (exact) mass is 348 g/mol. The second-order valence-corrected chi connectivity index (χ2v) is 6.45. The summed E-state index contributed by atoms with van der Waals surface area (Å²) < 4.78 is 1.99. The van der Waals surface area contributed by atoms with Crippen LogP contribution in [0.1, 0.15) is 10.4 Å². The predicted octanol–water partition coefficient (Wildman–Crippen LogP) is 4.36. The third-order valence-corrected chi connectivity index (χ3v) is 4.72. The van der Waals surface area contributed by atoms with E-state index in [9.17, 15) is 4.79 Å². The first-order valence-corrected chi connectivity index (χ1v) is 8.73. The zero-order chi connectivity index (χ0) is 17.2. The molecule has 0 atom stereocenters. The summed E-state index contributed by atoms with van der Waals surface area (Å²) in [5, 5.41) is 7.98. The molecule has 0 radical (unpaired) electrons. The van der Waals surface area contributed by atoms with Crippen LogP contribution >= 0.6 is 11.3 Å². The second-order valence-electron chi connectivity index (χ2n) is 5.58. The zero-order valence-corrected chi connectivity index (χ0v) is 14.4. The van der Waals surface area contributed by atoms with Crippen LogP contribution in [0.2, 0.25) is 0 Å². The Morgan fingerprint density at radius 2 is 1.96 bits per heavy atom. The van der Waals surface area contributed by atoms with Crippen molar-refractivity contribution in [1.82, 2.24) is 9.38 Å². The van der Waals surface area contributed by atoms with Gasteiger partial charge in [0.2, 0.25) is 0 Å². The maximum atomic E-state index is 12.4. The van der Waals surface area contributed by atoms with Gasteiger partial charge in [-0.3, -0.25) is 9.20 Å². The van der Waals surface area contributed by atoms with E-state index in [0.717, 1.165) is 27.6 Å². The van der Waals surface area contributed by atoms with Crippen LogP contribution in [0.15, 0.2) is 66.3 Å². The molecule has 4 aromatic rings. The van der Waals surface area contributed by atoms with Crippen LogP contribution in [-0.2, 0) is 0 Å². The molecule has 6 heteroatoms. The van der Waals surface area contributed by atoms with Crippen molar-refractivity contribution in [2.45, 2.75) is 0 Å². The molecule has 0 aliphatic rings. The van der Waals surface area contributed by atoms with E-state index in [2.05, 4.69) is 15.6 Å². The maximum absolute atomic E-state index is 12.4. The SMILES string of the molecule is CNc1ccc(C(=O)Nc2cccc(-c3cn4ccsc4n3)c2)cc1. The number of carbonyl (C=O) groups excluding carboxylic acids is 1. The molecule has 2 heterocycles. The van der Waals surface area contributed by atoms with Crippen molar-refractivity contribution in [3.8, 4) is 11.3 Å². The third kappa shape index (κ3) is 3.12. The molecule has 0 saturated carbocycles. The second kappa shape index (κ2) is 6.41. The number of nitrogens with zero attached hydrogens (tertiary/aromatic N) is 2. The first-order chi connectivity index (χ1) is 12.2. The normalized spacial score (nSPS) is 10.8. The molecule has 0 spiro atoms. The van der Waals surface area contributed by atoms with Crippen molar-refractivity contribution in [1.29, 1.82) is 0 Å². The van der Waals surface area contributed by atoms with E-state index in [1.165, 1.54) is 0 Å². The number of thiazole rings is 1. The number of hydrogen-bond donors (Lipinski definition) is 2. The minimum Gasteiger partial charge on any atom is -0.388 e. The number of imidazole rings is 1. The Morgan fingerprint density at radius 1 is 1.12 bits per heavy atom. The van der Waals surface area contributed by atoms with Gasteiger partial charge in [0.25, 0.3) is 5.91 Å². The molecule has 0 fully saturated rings. The highest BCUT2D eigenvalue weighted by Gasteiger charge is 2.09. The number of hydrogen-bond acceptors (Lipinski definition) is 4. The standard InChI is InChI=1S/C19H16N4OS/c1-20-15-7-5-13(6-8-15)18(24)21-16-4-2-3-14(11-16)17-12-23-9-10-25-19(23)22-17/h2-12,20H,1H3,(H,21,24). The van der Waals surface area contributed by atoms with Gasteiger partial charge in [-0.2, -0.15) is 0 Å². The van der Waals surface area contributed by atoms with Crippen molar-refractivity contribution >= 4 is 33.6 Å². The van der Waals surface area contributed by atoms with Gasteiger partial charge < -0.3 is 10.6 Å². The Hall–Kier alpha value is -3.12. The van der Waals surface area contributed by atoms with E-state index in [0.29, 0.717) is 5.56 Å². The van der Waals surface area contributed by atoms with Gasteiger partial charge in [-0.15, -0.1) is 11.3 Å². The summed E-state index contributed by atoms with van der Waals surface area (Å²) in [7, 11) is 1.85. The zero-order valence-electron chi connectivity index (χ0n) is 13.6. The number of amides is 1. The minimum absolute atomic E-state index is 0.134. The van der Waals surface area contributed by atoms with Gasteiger partial charge in [0, 0.05) is 47.3 Å². The first kappa shape index (κ1) is 15.4. The summed E-state index contributed by atoms with van der Waals surface area (Å²) in [5.74, 6) is -0.134. The van der Waals surface area contributed by atoms with Gasteiger partial charge in [0.15, 0.2) is 4.96 Å². The number of carbonyl (C=O) groups is 1. The van der Waals surface area contributed by atoms with Gasteiger partial charge in [-0.25, -0.2) is 4.98 Å². The molecular formula is C19H16N4OS. The van der Waals surface area contributed by atoms with E-state index < -0.39 is 0 Å². The molecule has 2 aromatic heterocycles. The molecule has 0 aliphatic heterocycles. The van der Waals surface area contributed by atoms with Crippen LogP contribution < -0.4 is 10.6 Å². The number of rotatable bonds is 4. The third-order valence-electron chi connectivity index (χ3n) is 3.95. The molecule has 0 bridgehead atoms. The summed E-state index contributed by atoms with van der Waals surface area (Å²) >= 11 is 1.59. The number of benzene rings is 2. The molecule has 0 saturated heterocycles. The minimum atomic E-state index is -0.134. The van der Waals surface area contributed by atoms with Crippen molar-refractivity contribution in [2.75, 3.05) is 17.7 Å². The Balaban J connectivity index is 1.56. The van der Waals surface area contributed by atoms with Gasteiger partial charge in [0.05, 0.1) is 5.69 Å². The van der Waals surface area contributed by atoms with Crippen molar-refractivity contribution in [3.05, 3.63) is 71.9 Å². The van der Waals surface area contributed by atoms with E-state index in [-0.39, 0.29) is 5.91 Å². The van der Waals surface area contributed by atoms with Crippen molar-refractivity contribution < 1.29 is 4.79 Å². The summed E-state index contributed by atoms with van der Waals surface area (Å²) in [6, 6.07) is 15.1. The quantitative estimate of drug-likeness (QED) is 0.576. The Bertz CT molecular complexity index is 1000. The molecule has 2 N–H and O–H groups in total. The first-order valence-electron chi connectivity index (χ1n) is 7.85. The summed E-state index contributed by atoms with van der Waals surface area (Å²) in [6.45, 7) is 0. The Morgan fingerprint density at radius 3 is 2.72 bits per heavy atom. The molecule has 5 nitrogen and oxygen atoms in total. The van der Waals surface area contributed by atoms with Gasteiger partial charge >= 0.3 is 0 Å². The Labute approximate surface area is 149 Å². The van der Waals surface area contributed by atoms with E-state index in [1.54, 1.807) is 23.5 Å². The van der Waals surface area contributed by atoms with E-state index in [4.69, 9.17) is 0 Å². The number of anilines is 2. The Kier molecular flexibility index (Phi) is 3.95. The van der Waals surface area contributed by atoms with Crippen molar-refractivity contribution in [3.63, 3.8) is 0 Å². The lowest BCUT2D eigenvalue weighted by atomic mass is 10.1. The average molecular weight is 348 g/mol. The topological polar surface area (TPSA) is 58.4 Å². The molecule has 25 heavy (non-hydrogen) atoms. The molecule has 0 unspecified atom stereocenters. The largest absolute Gasteiger partial charge is 0.388 e. The van der Waals surface area contributed by atoms with Crippen LogP contribution in [0.5, 0.6) is 0 Å². The van der Waals surface area contributed by atoms with Crippen LogP contribution in [0, 0.1) is 0 Å². The fourth-order valence-electron chi connectivity index (χ4n) is 2.61. The fourth-order valence-corrected chi connectivity index (χ4v) is 3.31. The highest BCUT2D eigenvalue weighted by molar-refractivity contribution is 7.15. The molecular weight excluding hydrogens is 332 g/mol. The lowest BCUT2D eigenvalue weighted by Crippen LogP contribution is -2.11. The van der Waals surface area contributed by atoms with Crippen LogP contribution in [-0.4, -0.2) is 22.3 Å². The molecule has 2 aromatic carbocycles. The van der Waals surface area contributed by atoms with Gasteiger partial charge in [-0.05, 0) is 36.4 Å². The molecule has 124 valence electrons. The summed E-state index contributed by atoms with van der Waals surface area (Å²) in [5.41, 5.74) is 4.20. The molecule has 4 rings (SSSR count). The van der Waals surface area contributed by atoms with Gasteiger partial charge in [-0.1, -0.05) is 12.1 Å². The lowest BCUT2D eigenvalue weighted by Gasteiger charge is -2.07. The summed E-state index contributed by atoms with van der Waals surface area (Å²) in [6.07, 6.45) is 3.97. The van der Waals surface area contributed by atoms with Crippen molar-refractivity contribution in [2.24, 2.45) is 0 Å². The number of fused-ring (bicyclic) bond motifs is 1. The van der Waals surface area contributed by atoms with E-state index in [1.807, 2.05) is 65.6 Å². The highest BCUT2D eigenvalue weighted by Crippen LogP contribution is 2.24. The fraction of sp³-hybridized carbons (Fsp3) is 0.0526. The maximum Gasteiger partial charge on any atom is 0.255 e. The summed E-state index contributed by atoms with van der Waals surface area (Å²) in [4.78, 5) is 18.0. The smallest absolute Gasteiger partial charge is 0.255 e. The van der Waals surface area contributed by atoms with Crippen LogP contribution in [0.4, 0.5) is 11.4 Å². The lowest BCUT2D eigenvalue weighted by molar-refractivity contribution is 0.102. The predicted molar refractivity (Wildman–Crippen MR) is 102 cm³/mol. The number of aromatic nitrogens is 2. The van der Waals surface area contributed by atoms with Crippen LogP contribution in [0.25, 0.3) is 16.2 Å². The van der Waals surface area contributed by atoms with Gasteiger partial charge in [0.1, 0.15) is 0 Å². The van der Waals surface area contributed by atoms with E-state index >= 15 is 0 Å². The van der Waals surface area contributed by atoms with Crippen LogP contribution in [0.3, 0.4) is 0 Å². The molecule has 1 amide bonds.